The molecule has 1 aromatic rings. The van der Waals surface area contributed by atoms with Gasteiger partial charge in [-0.25, -0.2) is 0 Å². The fraction of sp³-hybridized carbons (Fsp3) is 0.571. The molecular formula is C14H22Cl2N2O. The summed E-state index contributed by atoms with van der Waals surface area (Å²) in [6, 6.07) is 4.24. The van der Waals surface area contributed by atoms with E-state index in [-0.39, 0.29) is 0 Å². The van der Waals surface area contributed by atoms with Crippen LogP contribution >= 0.6 is 23.2 Å². The lowest BCUT2D eigenvalue weighted by molar-refractivity contribution is 0.142. The van der Waals surface area contributed by atoms with Crippen molar-refractivity contribution in [1.82, 2.24) is 4.90 Å². The van der Waals surface area contributed by atoms with Gasteiger partial charge in [-0.15, -0.1) is 0 Å². The van der Waals surface area contributed by atoms with Crippen molar-refractivity contribution < 1.29 is 4.74 Å². The Morgan fingerprint density at radius 1 is 1.11 bits per heavy atom. The number of halogens is 2. The van der Waals surface area contributed by atoms with E-state index in [1.165, 1.54) is 0 Å². The molecule has 0 spiro atoms. The Morgan fingerprint density at radius 2 is 1.63 bits per heavy atom. The molecule has 0 saturated carbocycles. The fourth-order valence-corrected chi connectivity index (χ4v) is 2.37. The Labute approximate surface area is 125 Å². The van der Waals surface area contributed by atoms with Crippen LogP contribution < -0.4 is 10.5 Å². The first kappa shape index (κ1) is 16.4. The Bertz CT molecular complexity index is 414. The Kier molecular flexibility index (Phi) is 6.24. The molecule has 0 aliphatic rings. The number of nitrogens with two attached hydrogens (primary N) is 1. The molecule has 0 heterocycles. The molecule has 0 bridgehead atoms. The summed E-state index contributed by atoms with van der Waals surface area (Å²) in [5.74, 6) is 0.585. The maximum Gasteiger partial charge on any atom is 0.143 e. The second-order valence-electron chi connectivity index (χ2n) is 5.08. The lowest BCUT2D eigenvalue weighted by atomic mass is 10.2. The standard InChI is InChI=1S/C14H22Cl2N2O/c1-9(2)18(10(3)4)5-6-19-14-8-12(16)11(15)7-13(14)17/h7-10H,5-6,17H2,1-4H3. The third-order valence-electron chi connectivity index (χ3n) is 2.99. The Balaban J connectivity index is 2.60. The third kappa shape index (κ3) is 4.75. The second kappa shape index (κ2) is 7.22. The Morgan fingerprint density at radius 3 is 2.16 bits per heavy atom. The van der Waals surface area contributed by atoms with Gasteiger partial charge in [0.2, 0.25) is 0 Å². The van der Waals surface area contributed by atoms with Crippen molar-refractivity contribution in [3.63, 3.8) is 0 Å². The molecule has 1 rings (SSSR count). The smallest absolute Gasteiger partial charge is 0.143 e. The summed E-state index contributed by atoms with van der Waals surface area (Å²) in [5, 5.41) is 0.896. The number of nitrogen functional groups attached to an aromatic ring is 1. The monoisotopic (exact) mass is 304 g/mol. The normalized spacial score (nSPS) is 11.6. The summed E-state index contributed by atoms with van der Waals surface area (Å²) < 4.78 is 5.69. The molecule has 0 fully saturated rings. The summed E-state index contributed by atoms with van der Waals surface area (Å²) in [6.45, 7) is 10.1. The van der Waals surface area contributed by atoms with Gasteiger partial charge in [0, 0.05) is 24.7 Å². The molecule has 0 aromatic heterocycles. The van der Waals surface area contributed by atoms with Crippen LogP contribution in [0.3, 0.4) is 0 Å². The Hall–Kier alpha value is -0.640. The molecule has 0 aliphatic carbocycles. The molecule has 19 heavy (non-hydrogen) atoms. The molecule has 2 N–H and O–H groups in total. The highest BCUT2D eigenvalue weighted by atomic mass is 35.5. The minimum Gasteiger partial charge on any atom is -0.490 e. The number of rotatable bonds is 6. The number of hydrogen-bond donors (Lipinski definition) is 1. The highest BCUT2D eigenvalue weighted by Gasteiger charge is 2.13. The van der Waals surface area contributed by atoms with Crippen LogP contribution in [0, 0.1) is 0 Å². The van der Waals surface area contributed by atoms with Crippen LogP contribution in [0.1, 0.15) is 27.7 Å². The average molecular weight is 305 g/mol. The number of anilines is 1. The van der Waals surface area contributed by atoms with Crippen LogP contribution in [-0.4, -0.2) is 30.1 Å². The zero-order valence-electron chi connectivity index (χ0n) is 11.9. The molecule has 5 heteroatoms. The first-order valence-corrected chi connectivity index (χ1v) is 7.21. The van der Waals surface area contributed by atoms with Gasteiger partial charge in [0.25, 0.3) is 0 Å². The largest absolute Gasteiger partial charge is 0.490 e. The minimum absolute atomic E-state index is 0.442. The van der Waals surface area contributed by atoms with E-state index < -0.39 is 0 Å². The van der Waals surface area contributed by atoms with Gasteiger partial charge in [-0.3, -0.25) is 4.90 Å². The zero-order valence-corrected chi connectivity index (χ0v) is 13.4. The molecule has 0 atom stereocenters. The number of hydrogen-bond acceptors (Lipinski definition) is 3. The molecule has 3 nitrogen and oxygen atoms in total. The van der Waals surface area contributed by atoms with Crippen molar-refractivity contribution in [1.29, 1.82) is 0 Å². The minimum atomic E-state index is 0.442. The summed E-state index contributed by atoms with van der Waals surface area (Å²) >= 11 is 11.8. The molecule has 0 amide bonds. The van der Waals surface area contributed by atoms with E-state index in [0.717, 1.165) is 6.54 Å². The van der Waals surface area contributed by atoms with Gasteiger partial charge in [0.15, 0.2) is 0 Å². The van der Waals surface area contributed by atoms with E-state index in [1.807, 2.05) is 0 Å². The van der Waals surface area contributed by atoms with E-state index in [1.54, 1.807) is 12.1 Å². The maximum absolute atomic E-state index is 5.95. The van der Waals surface area contributed by atoms with Crippen LogP contribution in [0.15, 0.2) is 12.1 Å². The summed E-state index contributed by atoms with van der Waals surface area (Å²) in [5.41, 5.74) is 6.35. The molecule has 0 aliphatic heterocycles. The number of benzene rings is 1. The number of ether oxygens (including phenoxy) is 1. The third-order valence-corrected chi connectivity index (χ3v) is 3.71. The summed E-state index contributed by atoms with van der Waals surface area (Å²) in [7, 11) is 0. The van der Waals surface area contributed by atoms with Crippen molar-refractivity contribution in [2.75, 3.05) is 18.9 Å². The van der Waals surface area contributed by atoms with E-state index >= 15 is 0 Å². The average Bonchev–Trinajstić information content (AvgIpc) is 2.29. The van der Waals surface area contributed by atoms with Crippen LogP contribution in [0.2, 0.25) is 10.0 Å². The van der Waals surface area contributed by atoms with Crippen LogP contribution in [0.25, 0.3) is 0 Å². The molecule has 108 valence electrons. The lowest BCUT2D eigenvalue weighted by Crippen LogP contribution is -2.39. The van der Waals surface area contributed by atoms with Crippen molar-refractivity contribution in [3.8, 4) is 5.75 Å². The van der Waals surface area contributed by atoms with E-state index in [0.29, 0.717) is 40.2 Å². The molecule has 0 radical (unpaired) electrons. The van der Waals surface area contributed by atoms with Gasteiger partial charge < -0.3 is 10.5 Å². The molecule has 0 saturated heterocycles. The SMILES string of the molecule is CC(C)N(CCOc1cc(Cl)c(Cl)cc1N)C(C)C. The van der Waals surface area contributed by atoms with Gasteiger partial charge >= 0.3 is 0 Å². The van der Waals surface area contributed by atoms with Crippen molar-refractivity contribution in [3.05, 3.63) is 22.2 Å². The van der Waals surface area contributed by atoms with Gasteiger partial charge in [0.05, 0.1) is 15.7 Å². The van der Waals surface area contributed by atoms with Crippen molar-refractivity contribution in [2.24, 2.45) is 0 Å². The predicted octanol–water partition coefficient (Wildman–Crippen LogP) is 4.07. The first-order chi connectivity index (χ1) is 8.82. The van der Waals surface area contributed by atoms with Crippen molar-refractivity contribution in [2.45, 2.75) is 39.8 Å². The second-order valence-corrected chi connectivity index (χ2v) is 5.89. The van der Waals surface area contributed by atoms with Gasteiger partial charge in [0.1, 0.15) is 12.4 Å². The lowest BCUT2D eigenvalue weighted by Gasteiger charge is -2.30. The van der Waals surface area contributed by atoms with E-state index in [9.17, 15) is 0 Å². The summed E-state index contributed by atoms with van der Waals surface area (Å²) in [4.78, 5) is 2.35. The van der Waals surface area contributed by atoms with E-state index in [4.69, 9.17) is 33.7 Å². The molecule has 1 aromatic carbocycles. The molecular weight excluding hydrogens is 283 g/mol. The maximum atomic E-state index is 5.95. The van der Waals surface area contributed by atoms with Crippen LogP contribution in [0.4, 0.5) is 5.69 Å². The highest BCUT2D eigenvalue weighted by Crippen LogP contribution is 2.32. The summed E-state index contributed by atoms with van der Waals surface area (Å²) in [6.07, 6.45) is 0. The highest BCUT2D eigenvalue weighted by molar-refractivity contribution is 6.42. The van der Waals surface area contributed by atoms with Crippen LogP contribution in [0.5, 0.6) is 5.75 Å². The van der Waals surface area contributed by atoms with Gasteiger partial charge in [-0.05, 0) is 33.8 Å². The van der Waals surface area contributed by atoms with Crippen LogP contribution in [-0.2, 0) is 0 Å². The van der Waals surface area contributed by atoms with Gasteiger partial charge in [-0.1, -0.05) is 23.2 Å². The quantitative estimate of drug-likeness (QED) is 0.805. The first-order valence-electron chi connectivity index (χ1n) is 6.46. The van der Waals surface area contributed by atoms with Crippen molar-refractivity contribution >= 4 is 28.9 Å². The predicted molar refractivity (Wildman–Crippen MR) is 83.3 cm³/mol. The fourth-order valence-electron chi connectivity index (χ4n) is 2.04. The van der Waals surface area contributed by atoms with Gasteiger partial charge in [-0.2, -0.15) is 0 Å². The molecule has 0 unspecified atom stereocenters. The van der Waals surface area contributed by atoms with E-state index in [2.05, 4.69) is 32.6 Å². The topological polar surface area (TPSA) is 38.5 Å². The number of nitrogens with zero attached hydrogens (tertiary/aromatic N) is 1. The zero-order chi connectivity index (χ0) is 14.6.